The van der Waals surface area contributed by atoms with E-state index < -0.39 is 17.1 Å². The largest absolute Gasteiger partial charge is 0.368 e. The number of hydrogen-bond donors (Lipinski definition) is 3. The molecule has 0 radical (unpaired) electrons. The van der Waals surface area contributed by atoms with Gasteiger partial charge in [0.05, 0.1) is 0 Å². The molecule has 0 atom stereocenters. The maximum absolute atomic E-state index is 11.5. The molecule has 0 amide bonds. The lowest BCUT2D eigenvalue weighted by Crippen LogP contribution is -2.43. The van der Waals surface area contributed by atoms with Crippen molar-refractivity contribution in [1.29, 1.82) is 0 Å². The van der Waals surface area contributed by atoms with Gasteiger partial charge in [0.1, 0.15) is 11.4 Å². The number of anilines is 1. The van der Waals surface area contributed by atoms with Gasteiger partial charge in [-0.3, -0.25) is 19.6 Å². The second-order valence-electron chi connectivity index (χ2n) is 4.86. The average Bonchev–Trinajstić information content (AvgIpc) is 2.53. The first-order valence-corrected chi connectivity index (χ1v) is 6.96. The third kappa shape index (κ3) is 3.69. The standard InChI is InChI=1S/C13H14N6O5/c14-10-15-8(5-20)7(9(6-21)16-10)3-1-2-4-19-12(23)17-11(22)18-13(19)24/h5-6H,1-4H2,(H2,14,15,16)(H2,17,18,22,23,24). The Hall–Kier alpha value is -3.37. The number of rotatable bonds is 7. The number of carbonyl (C=O) groups excluding carboxylic acids is 2. The molecule has 2 aromatic heterocycles. The van der Waals surface area contributed by atoms with Crippen LogP contribution in [0.5, 0.6) is 0 Å². The van der Waals surface area contributed by atoms with Crippen molar-refractivity contribution in [3.63, 3.8) is 0 Å². The van der Waals surface area contributed by atoms with E-state index in [-0.39, 0.29) is 23.9 Å². The first-order valence-electron chi connectivity index (χ1n) is 6.96. The maximum Gasteiger partial charge on any atom is 0.333 e. The number of nitrogens with one attached hydrogen (secondary N) is 2. The first-order chi connectivity index (χ1) is 11.5. The summed E-state index contributed by atoms with van der Waals surface area (Å²) in [5, 5.41) is 0. The van der Waals surface area contributed by atoms with Gasteiger partial charge in [-0.2, -0.15) is 0 Å². The second kappa shape index (κ2) is 7.26. The van der Waals surface area contributed by atoms with Crippen LogP contribution in [0.1, 0.15) is 39.4 Å². The van der Waals surface area contributed by atoms with E-state index >= 15 is 0 Å². The fraction of sp³-hybridized carbons (Fsp3) is 0.308. The molecule has 0 aliphatic carbocycles. The van der Waals surface area contributed by atoms with Crippen molar-refractivity contribution in [3.8, 4) is 0 Å². The molecule has 24 heavy (non-hydrogen) atoms. The molecule has 2 rings (SSSR count). The van der Waals surface area contributed by atoms with Crippen LogP contribution in [0, 0.1) is 0 Å². The highest BCUT2D eigenvalue weighted by Crippen LogP contribution is 2.13. The number of aldehydes is 2. The van der Waals surface area contributed by atoms with Crippen molar-refractivity contribution in [2.75, 3.05) is 5.73 Å². The van der Waals surface area contributed by atoms with E-state index in [0.29, 0.717) is 37.4 Å². The molecule has 0 aliphatic heterocycles. The molecule has 0 aliphatic rings. The van der Waals surface area contributed by atoms with Gasteiger partial charge in [0.2, 0.25) is 5.95 Å². The maximum atomic E-state index is 11.5. The number of aromatic nitrogens is 5. The van der Waals surface area contributed by atoms with Crippen LogP contribution < -0.4 is 22.8 Å². The Morgan fingerprint density at radius 3 is 2.00 bits per heavy atom. The summed E-state index contributed by atoms with van der Waals surface area (Å²) in [6, 6.07) is 0. The number of nitrogen functional groups attached to an aromatic ring is 1. The summed E-state index contributed by atoms with van der Waals surface area (Å²) in [7, 11) is 0. The van der Waals surface area contributed by atoms with Gasteiger partial charge in [0.15, 0.2) is 12.6 Å². The minimum Gasteiger partial charge on any atom is -0.368 e. The quantitative estimate of drug-likeness (QED) is 0.394. The highest BCUT2D eigenvalue weighted by molar-refractivity contribution is 5.82. The Labute approximate surface area is 133 Å². The van der Waals surface area contributed by atoms with Gasteiger partial charge in [-0.15, -0.1) is 0 Å². The molecule has 11 nitrogen and oxygen atoms in total. The van der Waals surface area contributed by atoms with Crippen LogP contribution >= 0.6 is 0 Å². The molecule has 126 valence electrons. The van der Waals surface area contributed by atoms with Crippen LogP contribution in [0.25, 0.3) is 0 Å². The van der Waals surface area contributed by atoms with Gasteiger partial charge in [0.25, 0.3) is 0 Å². The molecule has 0 saturated heterocycles. The number of aromatic amines is 2. The normalized spacial score (nSPS) is 10.5. The van der Waals surface area contributed by atoms with E-state index in [0.717, 1.165) is 4.57 Å². The Morgan fingerprint density at radius 2 is 1.50 bits per heavy atom. The Kier molecular flexibility index (Phi) is 5.14. The molecule has 11 heteroatoms. The molecule has 2 heterocycles. The predicted octanol–water partition coefficient (Wildman–Crippen LogP) is -1.75. The van der Waals surface area contributed by atoms with Crippen LogP contribution in [-0.2, 0) is 13.0 Å². The van der Waals surface area contributed by atoms with Gasteiger partial charge < -0.3 is 5.73 Å². The third-order valence-electron chi connectivity index (χ3n) is 3.30. The second-order valence-corrected chi connectivity index (χ2v) is 4.86. The van der Waals surface area contributed by atoms with Gasteiger partial charge in [-0.1, -0.05) is 0 Å². The summed E-state index contributed by atoms with van der Waals surface area (Å²) >= 11 is 0. The minimum absolute atomic E-state index is 0.0312. The number of unbranched alkanes of at least 4 members (excludes halogenated alkanes) is 1. The van der Waals surface area contributed by atoms with Crippen molar-refractivity contribution < 1.29 is 9.59 Å². The zero-order valence-corrected chi connectivity index (χ0v) is 12.4. The lowest BCUT2D eigenvalue weighted by molar-refractivity contribution is 0.111. The lowest BCUT2D eigenvalue weighted by atomic mass is 10.0. The number of nitrogens with zero attached hydrogens (tertiary/aromatic N) is 3. The van der Waals surface area contributed by atoms with E-state index in [1.807, 2.05) is 9.97 Å². The summed E-state index contributed by atoms with van der Waals surface area (Å²) < 4.78 is 0.849. The summed E-state index contributed by atoms with van der Waals surface area (Å²) in [6.45, 7) is 0.0631. The van der Waals surface area contributed by atoms with Crippen molar-refractivity contribution >= 4 is 18.5 Å². The molecular weight excluding hydrogens is 320 g/mol. The Bertz CT molecular complexity index is 878. The van der Waals surface area contributed by atoms with Crippen LogP contribution in [0.15, 0.2) is 14.4 Å². The molecular formula is C13H14N6O5. The number of nitrogens with two attached hydrogens (primary N) is 1. The van der Waals surface area contributed by atoms with Crippen molar-refractivity contribution in [2.45, 2.75) is 25.8 Å². The van der Waals surface area contributed by atoms with Crippen molar-refractivity contribution in [1.82, 2.24) is 24.5 Å². The van der Waals surface area contributed by atoms with Crippen LogP contribution in [-0.4, -0.2) is 37.1 Å². The van der Waals surface area contributed by atoms with Gasteiger partial charge in [-0.25, -0.2) is 28.9 Å². The van der Waals surface area contributed by atoms with Crippen molar-refractivity contribution in [3.05, 3.63) is 48.4 Å². The van der Waals surface area contributed by atoms with E-state index in [2.05, 4.69) is 9.97 Å². The zero-order valence-electron chi connectivity index (χ0n) is 12.4. The molecule has 0 unspecified atom stereocenters. The summed E-state index contributed by atoms with van der Waals surface area (Å²) in [5.41, 5.74) is 3.35. The average molecular weight is 334 g/mol. The number of carbonyl (C=O) groups is 2. The van der Waals surface area contributed by atoms with E-state index in [1.54, 1.807) is 0 Å². The SMILES string of the molecule is Nc1nc(C=O)c(CCCCn2c(=O)[nH]c(=O)[nH]c2=O)c(C=O)n1. The molecule has 4 N–H and O–H groups in total. The minimum atomic E-state index is -0.869. The highest BCUT2D eigenvalue weighted by Gasteiger charge is 2.12. The highest BCUT2D eigenvalue weighted by atomic mass is 16.2. The molecule has 0 aromatic carbocycles. The van der Waals surface area contributed by atoms with Gasteiger partial charge in [0, 0.05) is 12.1 Å². The van der Waals surface area contributed by atoms with E-state index in [9.17, 15) is 24.0 Å². The Balaban J connectivity index is 2.10. The smallest absolute Gasteiger partial charge is 0.333 e. The topological polar surface area (TPSA) is 174 Å². The molecule has 2 aromatic rings. The Morgan fingerprint density at radius 1 is 0.958 bits per heavy atom. The predicted molar refractivity (Wildman–Crippen MR) is 82.1 cm³/mol. The summed E-state index contributed by atoms with van der Waals surface area (Å²) in [6.07, 6.45) is 2.09. The first kappa shape index (κ1) is 17.0. The van der Waals surface area contributed by atoms with Crippen LogP contribution in [0.2, 0.25) is 0 Å². The molecule has 0 saturated carbocycles. The lowest BCUT2D eigenvalue weighted by Gasteiger charge is -2.08. The fourth-order valence-electron chi connectivity index (χ4n) is 2.22. The number of H-pyrrole nitrogens is 2. The van der Waals surface area contributed by atoms with Crippen LogP contribution in [0.3, 0.4) is 0 Å². The van der Waals surface area contributed by atoms with Crippen LogP contribution in [0.4, 0.5) is 5.95 Å². The molecule has 0 spiro atoms. The van der Waals surface area contributed by atoms with Gasteiger partial charge >= 0.3 is 17.1 Å². The third-order valence-corrected chi connectivity index (χ3v) is 3.30. The molecule has 0 fully saturated rings. The fourth-order valence-corrected chi connectivity index (χ4v) is 2.22. The summed E-state index contributed by atoms with van der Waals surface area (Å²) in [5.74, 6) is -0.172. The number of hydrogen-bond acceptors (Lipinski definition) is 8. The van der Waals surface area contributed by atoms with E-state index in [4.69, 9.17) is 5.73 Å². The van der Waals surface area contributed by atoms with Crippen molar-refractivity contribution in [2.24, 2.45) is 0 Å². The van der Waals surface area contributed by atoms with Gasteiger partial charge in [-0.05, 0) is 19.3 Å². The van der Waals surface area contributed by atoms with E-state index in [1.165, 1.54) is 0 Å². The summed E-state index contributed by atoms with van der Waals surface area (Å²) in [4.78, 5) is 67.5. The molecule has 0 bridgehead atoms. The monoisotopic (exact) mass is 334 g/mol. The zero-order chi connectivity index (χ0) is 17.7.